The van der Waals surface area contributed by atoms with Crippen LogP contribution in [0.3, 0.4) is 0 Å². The Morgan fingerprint density at radius 3 is 2.55 bits per heavy atom. The van der Waals surface area contributed by atoms with Gasteiger partial charge in [0.2, 0.25) is 5.95 Å². The molecule has 3 aromatic rings. The molecule has 0 amide bonds. The van der Waals surface area contributed by atoms with Crippen LogP contribution >= 0.6 is 0 Å². The third-order valence-electron chi connectivity index (χ3n) is 6.65. The highest BCUT2D eigenvalue weighted by Gasteiger charge is 2.14. The summed E-state index contributed by atoms with van der Waals surface area (Å²) < 4.78 is 5.54. The Bertz CT molecular complexity index is 1330. The van der Waals surface area contributed by atoms with Gasteiger partial charge in [0.15, 0.2) is 5.76 Å². The zero-order valence-electron chi connectivity index (χ0n) is 23.7. The number of aromatic nitrogens is 3. The van der Waals surface area contributed by atoms with Crippen LogP contribution in [0.25, 0.3) is 11.3 Å². The van der Waals surface area contributed by atoms with Crippen LogP contribution in [0.5, 0.6) is 0 Å². The molecule has 11 heteroatoms. The Morgan fingerprint density at radius 1 is 1.10 bits per heavy atom. The number of piperazine rings is 1. The smallest absolute Gasteiger partial charge is 0.227 e. The first-order chi connectivity index (χ1) is 19.4. The summed E-state index contributed by atoms with van der Waals surface area (Å²) in [6.45, 7) is 10.3. The molecule has 0 spiro atoms. The number of likely N-dealkylation sites (N-methyl/N-ethyl adjacent to an activating group) is 1. The molecular formula is C29H38N10O. The first-order valence-electron chi connectivity index (χ1n) is 13.6. The van der Waals surface area contributed by atoms with E-state index in [4.69, 9.17) is 4.52 Å². The van der Waals surface area contributed by atoms with Crippen molar-refractivity contribution >= 4 is 23.4 Å². The topological polar surface area (TPSA) is 131 Å². The van der Waals surface area contributed by atoms with Crippen molar-refractivity contribution in [2.24, 2.45) is 10.9 Å². The van der Waals surface area contributed by atoms with E-state index in [0.29, 0.717) is 41.3 Å². The third kappa shape index (κ3) is 8.36. The van der Waals surface area contributed by atoms with Crippen LogP contribution in [0.15, 0.2) is 63.6 Å². The van der Waals surface area contributed by atoms with Crippen LogP contribution in [-0.2, 0) is 6.54 Å². The molecule has 1 saturated heterocycles. The van der Waals surface area contributed by atoms with Gasteiger partial charge in [0.1, 0.15) is 23.2 Å². The number of rotatable bonds is 11. The largest absolute Gasteiger partial charge is 0.369 e. The van der Waals surface area contributed by atoms with Crippen molar-refractivity contribution in [1.29, 1.82) is 5.26 Å². The summed E-state index contributed by atoms with van der Waals surface area (Å²) in [4.78, 5) is 18.4. The van der Waals surface area contributed by atoms with E-state index in [9.17, 15) is 5.26 Å². The number of nitriles is 1. The molecule has 40 heavy (non-hydrogen) atoms. The monoisotopic (exact) mass is 542 g/mol. The van der Waals surface area contributed by atoms with Crippen LogP contribution in [-0.4, -0.2) is 84.1 Å². The second-order valence-electron chi connectivity index (χ2n) is 10.0. The van der Waals surface area contributed by atoms with Gasteiger partial charge in [-0.1, -0.05) is 49.3 Å². The minimum absolute atomic E-state index is 0.0839. The minimum Gasteiger partial charge on any atom is -0.369 e. The highest BCUT2D eigenvalue weighted by Crippen LogP contribution is 2.20. The average molecular weight is 543 g/mol. The zero-order valence-corrected chi connectivity index (χ0v) is 23.7. The number of amidine groups is 1. The van der Waals surface area contributed by atoms with Crippen molar-refractivity contribution in [3.8, 4) is 17.3 Å². The normalized spacial score (nSPS) is 15.2. The van der Waals surface area contributed by atoms with Crippen LogP contribution in [0.1, 0.15) is 19.6 Å². The van der Waals surface area contributed by atoms with Crippen molar-refractivity contribution in [2.45, 2.75) is 20.4 Å². The number of aliphatic imine (C=N–C) groups is 1. The van der Waals surface area contributed by atoms with E-state index in [1.54, 1.807) is 13.1 Å². The molecule has 0 saturated carbocycles. The van der Waals surface area contributed by atoms with E-state index in [2.05, 4.69) is 59.0 Å². The maximum atomic E-state index is 9.50. The molecule has 0 aliphatic carbocycles. The highest BCUT2D eigenvalue weighted by molar-refractivity contribution is 6.04. The van der Waals surface area contributed by atoms with Gasteiger partial charge in [-0.05, 0) is 19.0 Å². The predicted molar refractivity (Wildman–Crippen MR) is 159 cm³/mol. The summed E-state index contributed by atoms with van der Waals surface area (Å²) >= 11 is 0. The molecule has 3 N–H and O–H groups in total. The second-order valence-corrected chi connectivity index (χ2v) is 10.0. The molecule has 1 aliphatic rings. The predicted octanol–water partition coefficient (Wildman–Crippen LogP) is 3.95. The van der Waals surface area contributed by atoms with Crippen molar-refractivity contribution < 1.29 is 4.52 Å². The first kappa shape index (κ1) is 28.7. The van der Waals surface area contributed by atoms with Crippen molar-refractivity contribution in [1.82, 2.24) is 24.9 Å². The molecular weight excluding hydrogens is 504 g/mol. The SMILES string of the molecule is CN=C(/C=C(\C#N)C(C)C)Nc1cc(NCCN2CCN(C)CC2)nc(NCc2cc(-c3ccccc3)no2)n1. The highest BCUT2D eigenvalue weighted by atomic mass is 16.5. The number of nitrogens with zero attached hydrogens (tertiary/aromatic N) is 7. The maximum Gasteiger partial charge on any atom is 0.227 e. The molecule has 4 rings (SSSR count). The number of nitrogens with one attached hydrogen (secondary N) is 3. The van der Waals surface area contributed by atoms with Crippen LogP contribution in [0.2, 0.25) is 0 Å². The van der Waals surface area contributed by atoms with E-state index in [1.807, 2.05) is 56.3 Å². The van der Waals surface area contributed by atoms with E-state index in [-0.39, 0.29) is 5.92 Å². The first-order valence-corrected chi connectivity index (χ1v) is 13.6. The Morgan fingerprint density at radius 2 is 1.85 bits per heavy atom. The maximum absolute atomic E-state index is 9.50. The van der Waals surface area contributed by atoms with E-state index < -0.39 is 0 Å². The van der Waals surface area contributed by atoms with Gasteiger partial charge in [0, 0.05) is 69.6 Å². The molecule has 0 radical (unpaired) electrons. The van der Waals surface area contributed by atoms with Gasteiger partial charge in [0.25, 0.3) is 0 Å². The molecule has 1 aromatic carbocycles. The average Bonchev–Trinajstić information content (AvgIpc) is 3.45. The van der Waals surface area contributed by atoms with Crippen molar-refractivity contribution in [3.05, 3.63) is 59.9 Å². The number of benzene rings is 1. The summed E-state index contributed by atoms with van der Waals surface area (Å²) in [5, 5.41) is 23.6. The summed E-state index contributed by atoms with van der Waals surface area (Å²) in [6, 6.07) is 15.9. The van der Waals surface area contributed by atoms with Gasteiger partial charge in [-0.3, -0.25) is 9.89 Å². The van der Waals surface area contributed by atoms with E-state index >= 15 is 0 Å². The molecule has 2 aromatic heterocycles. The fourth-order valence-electron chi connectivity index (χ4n) is 4.16. The Kier molecular flexibility index (Phi) is 10.2. The molecule has 210 valence electrons. The van der Waals surface area contributed by atoms with Gasteiger partial charge in [-0.15, -0.1) is 0 Å². The fourth-order valence-corrected chi connectivity index (χ4v) is 4.16. The fraction of sp³-hybridized carbons (Fsp3) is 0.414. The molecule has 0 bridgehead atoms. The quantitative estimate of drug-likeness (QED) is 0.186. The third-order valence-corrected chi connectivity index (χ3v) is 6.65. The number of allylic oxidation sites excluding steroid dienone is 1. The summed E-state index contributed by atoms with van der Waals surface area (Å²) in [7, 11) is 3.84. The molecule has 11 nitrogen and oxygen atoms in total. The lowest BCUT2D eigenvalue weighted by Crippen LogP contribution is -2.45. The van der Waals surface area contributed by atoms with Crippen LogP contribution in [0.4, 0.5) is 17.6 Å². The Balaban J connectivity index is 1.47. The summed E-state index contributed by atoms with van der Waals surface area (Å²) in [6.07, 6.45) is 1.75. The standard InChI is InChI=1S/C29H38N10O/c1-21(2)23(19-30)16-26(31-3)34-28-18-27(32-10-11-39-14-12-38(4)13-15-39)35-29(36-28)33-20-24-17-25(37-40-24)22-8-6-5-7-9-22/h5-9,16-18,21H,10-15,20H2,1-4H3,(H3,31,32,33,34,35,36)/b23-16+. The van der Waals surface area contributed by atoms with Gasteiger partial charge in [0.05, 0.1) is 12.6 Å². The molecule has 0 unspecified atom stereocenters. The second kappa shape index (κ2) is 14.2. The molecule has 3 heterocycles. The number of hydrogen-bond donors (Lipinski definition) is 3. The Labute approximate surface area is 236 Å². The van der Waals surface area contributed by atoms with Crippen molar-refractivity contribution in [3.63, 3.8) is 0 Å². The molecule has 1 fully saturated rings. The van der Waals surface area contributed by atoms with E-state index in [1.165, 1.54) is 0 Å². The lowest BCUT2D eigenvalue weighted by atomic mass is 10.0. The van der Waals surface area contributed by atoms with Gasteiger partial charge >= 0.3 is 0 Å². The van der Waals surface area contributed by atoms with Crippen molar-refractivity contribution in [2.75, 3.05) is 69.3 Å². The summed E-state index contributed by atoms with van der Waals surface area (Å²) in [5.74, 6) is 2.95. The Hall–Kier alpha value is -4.27. The lowest BCUT2D eigenvalue weighted by Gasteiger charge is -2.32. The van der Waals surface area contributed by atoms with Gasteiger partial charge in [-0.25, -0.2) is 0 Å². The van der Waals surface area contributed by atoms with Gasteiger partial charge < -0.3 is 25.4 Å². The number of hydrogen-bond acceptors (Lipinski definition) is 10. The van der Waals surface area contributed by atoms with Gasteiger partial charge in [-0.2, -0.15) is 15.2 Å². The number of anilines is 3. The molecule has 1 aliphatic heterocycles. The minimum atomic E-state index is 0.0839. The van der Waals surface area contributed by atoms with E-state index in [0.717, 1.165) is 50.5 Å². The lowest BCUT2D eigenvalue weighted by molar-refractivity contribution is 0.158. The van der Waals surface area contributed by atoms with Crippen LogP contribution in [0, 0.1) is 17.2 Å². The summed E-state index contributed by atoms with van der Waals surface area (Å²) in [5.41, 5.74) is 2.39. The zero-order chi connectivity index (χ0) is 28.3. The van der Waals surface area contributed by atoms with Crippen LogP contribution < -0.4 is 16.0 Å². The molecule has 0 atom stereocenters.